The maximum Gasteiger partial charge on any atom is 0.327 e. The van der Waals surface area contributed by atoms with Gasteiger partial charge in [0.25, 0.3) is 5.91 Å². The minimum atomic E-state index is -0.606. The van der Waals surface area contributed by atoms with Gasteiger partial charge in [0.1, 0.15) is 5.54 Å². The lowest BCUT2D eigenvalue weighted by Crippen LogP contribution is -2.47. The number of imide groups is 1. The molecule has 0 aliphatic carbocycles. The summed E-state index contributed by atoms with van der Waals surface area (Å²) >= 11 is 0. The summed E-state index contributed by atoms with van der Waals surface area (Å²) < 4.78 is 0. The van der Waals surface area contributed by atoms with Crippen LogP contribution in [0.2, 0.25) is 0 Å². The molecule has 7 heteroatoms. The number of amides is 5. The largest absolute Gasteiger partial charge is 0.338 e. The van der Waals surface area contributed by atoms with Crippen molar-refractivity contribution in [2.45, 2.75) is 57.5 Å². The molecule has 3 saturated heterocycles. The van der Waals surface area contributed by atoms with Gasteiger partial charge in [-0.2, -0.15) is 0 Å². The molecule has 1 N–H and O–H groups in total. The molecule has 2 atom stereocenters. The van der Waals surface area contributed by atoms with Crippen molar-refractivity contribution in [3.05, 3.63) is 0 Å². The molecule has 128 valence electrons. The van der Waals surface area contributed by atoms with Crippen LogP contribution in [0.15, 0.2) is 0 Å². The number of rotatable bonds is 4. The molecule has 3 rings (SSSR count). The molecule has 3 aliphatic heterocycles. The van der Waals surface area contributed by atoms with Gasteiger partial charge in [-0.15, -0.1) is 0 Å². The van der Waals surface area contributed by atoms with Gasteiger partial charge in [-0.3, -0.25) is 9.69 Å². The van der Waals surface area contributed by atoms with Gasteiger partial charge >= 0.3 is 12.1 Å². The maximum atomic E-state index is 13.0. The molecule has 23 heavy (non-hydrogen) atoms. The second-order valence-corrected chi connectivity index (χ2v) is 6.72. The van der Waals surface area contributed by atoms with Crippen molar-refractivity contribution in [1.82, 2.24) is 20.0 Å². The van der Waals surface area contributed by atoms with Crippen LogP contribution in [0.25, 0.3) is 0 Å². The fourth-order valence-corrected chi connectivity index (χ4v) is 4.32. The van der Waals surface area contributed by atoms with Crippen LogP contribution in [0.3, 0.4) is 0 Å². The monoisotopic (exact) mass is 322 g/mol. The zero-order valence-corrected chi connectivity index (χ0v) is 14.0. The lowest BCUT2D eigenvalue weighted by molar-refractivity contribution is -0.134. The van der Waals surface area contributed by atoms with E-state index < -0.39 is 5.54 Å². The summed E-state index contributed by atoms with van der Waals surface area (Å²) in [5.41, 5.74) is -0.606. The molecule has 3 aliphatic rings. The van der Waals surface area contributed by atoms with Crippen LogP contribution < -0.4 is 5.32 Å². The molecular formula is C16H26N4O3. The Kier molecular flexibility index (Phi) is 4.21. The first kappa shape index (κ1) is 16.1. The molecule has 0 aromatic carbocycles. The van der Waals surface area contributed by atoms with Crippen molar-refractivity contribution >= 4 is 18.0 Å². The number of carbonyl (C=O) groups is 3. The van der Waals surface area contributed by atoms with Crippen molar-refractivity contribution in [2.75, 3.05) is 26.2 Å². The maximum absolute atomic E-state index is 13.0. The van der Waals surface area contributed by atoms with Gasteiger partial charge in [-0.05, 0) is 32.6 Å². The Labute approximate surface area is 137 Å². The molecule has 7 nitrogen and oxygen atoms in total. The second-order valence-electron chi connectivity index (χ2n) is 6.72. The van der Waals surface area contributed by atoms with Crippen molar-refractivity contribution in [1.29, 1.82) is 0 Å². The van der Waals surface area contributed by atoms with E-state index in [1.165, 1.54) is 4.90 Å². The molecule has 0 aromatic heterocycles. The lowest BCUT2D eigenvalue weighted by atomic mass is 9.90. The summed E-state index contributed by atoms with van der Waals surface area (Å²) in [5.74, 6) is -0.0374. The number of likely N-dealkylation sites (tertiary alicyclic amines) is 1. The molecule has 0 bridgehead atoms. The zero-order chi connectivity index (χ0) is 16.6. The molecule has 2 unspecified atom stereocenters. The molecule has 0 spiro atoms. The van der Waals surface area contributed by atoms with Gasteiger partial charge in [-0.1, -0.05) is 13.3 Å². The number of urea groups is 2. The summed E-state index contributed by atoms with van der Waals surface area (Å²) in [4.78, 5) is 42.7. The quantitative estimate of drug-likeness (QED) is 0.795. The number of fused-ring (bicyclic) bond motifs is 1. The van der Waals surface area contributed by atoms with Crippen LogP contribution in [0.5, 0.6) is 0 Å². The highest BCUT2D eigenvalue weighted by molar-refractivity contribution is 6.07. The number of hydrogen-bond acceptors (Lipinski definition) is 3. The van der Waals surface area contributed by atoms with Gasteiger partial charge in [0.05, 0.1) is 6.04 Å². The van der Waals surface area contributed by atoms with E-state index in [9.17, 15) is 14.4 Å². The van der Waals surface area contributed by atoms with Crippen LogP contribution in [0.4, 0.5) is 9.59 Å². The molecule has 0 saturated carbocycles. The first-order valence-electron chi connectivity index (χ1n) is 8.73. The molecule has 0 aromatic rings. The van der Waals surface area contributed by atoms with Crippen LogP contribution in [0, 0.1) is 0 Å². The predicted molar refractivity (Wildman–Crippen MR) is 84.9 cm³/mol. The van der Waals surface area contributed by atoms with Crippen LogP contribution >= 0.6 is 0 Å². The van der Waals surface area contributed by atoms with Gasteiger partial charge in [0, 0.05) is 26.2 Å². The molecule has 3 fully saturated rings. The van der Waals surface area contributed by atoms with Crippen molar-refractivity contribution < 1.29 is 14.4 Å². The first-order chi connectivity index (χ1) is 11.0. The zero-order valence-electron chi connectivity index (χ0n) is 14.0. The minimum absolute atomic E-state index is 0.0374. The Morgan fingerprint density at radius 1 is 1.30 bits per heavy atom. The summed E-state index contributed by atoms with van der Waals surface area (Å²) in [6.45, 7) is 6.22. The van der Waals surface area contributed by atoms with Crippen molar-refractivity contribution in [3.63, 3.8) is 0 Å². The average molecular weight is 322 g/mol. The van der Waals surface area contributed by atoms with Crippen LogP contribution in [-0.4, -0.2) is 70.4 Å². The van der Waals surface area contributed by atoms with E-state index in [2.05, 4.69) is 12.2 Å². The van der Waals surface area contributed by atoms with Crippen LogP contribution in [0.1, 0.15) is 46.0 Å². The number of hydrogen-bond donors (Lipinski definition) is 1. The summed E-state index contributed by atoms with van der Waals surface area (Å²) in [6, 6.07) is -0.446. The van der Waals surface area contributed by atoms with Crippen molar-refractivity contribution in [2.24, 2.45) is 0 Å². The summed E-state index contributed by atoms with van der Waals surface area (Å²) in [7, 11) is 0. The first-order valence-corrected chi connectivity index (χ1v) is 8.73. The highest BCUT2D eigenvalue weighted by atomic mass is 16.2. The predicted octanol–water partition coefficient (Wildman–Crippen LogP) is 1.39. The Balaban J connectivity index is 1.76. The van der Waals surface area contributed by atoms with Gasteiger partial charge in [0.15, 0.2) is 0 Å². The van der Waals surface area contributed by atoms with E-state index in [0.29, 0.717) is 32.6 Å². The average Bonchev–Trinajstić information content (AvgIpc) is 3.19. The van der Waals surface area contributed by atoms with Crippen LogP contribution in [-0.2, 0) is 4.79 Å². The number of nitrogens with one attached hydrogen (secondary N) is 1. The fraction of sp³-hybridized carbons (Fsp3) is 0.812. The van der Waals surface area contributed by atoms with E-state index in [4.69, 9.17) is 0 Å². The number of nitrogens with zero attached hydrogens (tertiary/aromatic N) is 3. The normalized spacial score (nSPS) is 30.3. The Bertz CT molecular complexity index is 523. The Hall–Kier alpha value is -1.79. The van der Waals surface area contributed by atoms with E-state index in [0.717, 1.165) is 25.7 Å². The third-order valence-electron chi connectivity index (χ3n) is 5.35. The molecule has 0 radical (unpaired) electrons. The third kappa shape index (κ3) is 2.37. The highest BCUT2D eigenvalue weighted by Crippen LogP contribution is 2.42. The SMILES string of the molecule is CCCC12CCCN1C(=O)N(C1CCN(C(=O)NCC)C1)C2=O. The van der Waals surface area contributed by atoms with E-state index >= 15 is 0 Å². The van der Waals surface area contributed by atoms with E-state index in [1.807, 2.05) is 6.92 Å². The molecule has 3 heterocycles. The fourth-order valence-electron chi connectivity index (χ4n) is 4.32. The van der Waals surface area contributed by atoms with Gasteiger partial charge in [-0.25, -0.2) is 9.59 Å². The van der Waals surface area contributed by atoms with Crippen molar-refractivity contribution in [3.8, 4) is 0 Å². The van der Waals surface area contributed by atoms with Gasteiger partial charge < -0.3 is 15.1 Å². The number of carbonyl (C=O) groups excluding carboxylic acids is 3. The molecule has 5 amide bonds. The third-order valence-corrected chi connectivity index (χ3v) is 5.35. The standard InChI is InChI=1S/C16H26N4O3/c1-3-7-16-8-5-9-19(16)15(23)20(13(16)21)12-6-10-18(11-12)14(22)17-4-2/h12H,3-11H2,1-2H3,(H,17,22). The van der Waals surface area contributed by atoms with Gasteiger partial charge in [0.2, 0.25) is 0 Å². The minimum Gasteiger partial charge on any atom is -0.338 e. The Morgan fingerprint density at radius 3 is 2.78 bits per heavy atom. The van der Waals surface area contributed by atoms with E-state index in [-0.39, 0.29) is 24.0 Å². The second kappa shape index (κ2) is 6.02. The van der Waals surface area contributed by atoms with E-state index in [1.54, 1.807) is 9.80 Å². The Morgan fingerprint density at radius 2 is 2.09 bits per heavy atom. The highest BCUT2D eigenvalue weighted by Gasteiger charge is 2.60. The topological polar surface area (TPSA) is 73.0 Å². The smallest absolute Gasteiger partial charge is 0.327 e. The summed E-state index contributed by atoms with van der Waals surface area (Å²) in [6.07, 6.45) is 3.97. The summed E-state index contributed by atoms with van der Waals surface area (Å²) in [5, 5.41) is 2.78. The lowest BCUT2D eigenvalue weighted by Gasteiger charge is -2.27. The molecular weight excluding hydrogens is 296 g/mol.